The Morgan fingerprint density at radius 3 is 2.72 bits per heavy atom. The second kappa shape index (κ2) is 5.76. The zero-order chi connectivity index (χ0) is 13.1. The number of phenols is 1. The lowest BCUT2D eigenvalue weighted by Crippen LogP contribution is -2.01. The second-order valence-corrected chi connectivity index (χ2v) is 5.83. The number of phenolic OH excluding ortho intramolecular Hbond substituents is 1. The highest BCUT2D eigenvalue weighted by Gasteiger charge is 2.05. The first-order valence-corrected chi connectivity index (χ1v) is 7.13. The monoisotopic (exact) mass is 369 g/mol. The first-order chi connectivity index (χ1) is 8.58. The summed E-state index contributed by atoms with van der Waals surface area (Å²) in [4.78, 5) is 0. The molecular weight excluding hydrogens is 358 g/mol. The smallest absolute Gasteiger partial charge is 0.134 e. The van der Waals surface area contributed by atoms with E-state index in [0.717, 1.165) is 15.7 Å². The lowest BCUT2D eigenvalue weighted by Gasteiger charge is -2.11. The molecule has 0 saturated carbocycles. The Morgan fingerprint density at radius 1 is 1.17 bits per heavy atom. The number of hydrogen-bond acceptors (Lipinski definition) is 2. The highest BCUT2D eigenvalue weighted by Crippen LogP contribution is 2.28. The Bertz CT molecular complexity index is 568. The molecule has 4 heteroatoms. The van der Waals surface area contributed by atoms with Gasteiger partial charge < -0.3 is 10.4 Å². The molecule has 2 aromatic carbocycles. The van der Waals surface area contributed by atoms with Gasteiger partial charge in [0, 0.05) is 22.3 Å². The fraction of sp³-hybridized carbons (Fsp3) is 0.143. The van der Waals surface area contributed by atoms with Crippen molar-refractivity contribution in [1.29, 1.82) is 0 Å². The molecule has 0 aromatic heterocycles. The summed E-state index contributed by atoms with van der Waals surface area (Å²) < 4.78 is 1.75. The third-order valence-electron chi connectivity index (χ3n) is 2.74. The molecule has 0 unspecified atom stereocenters. The molecule has 2 N–H and O–H groups in total. The van der Waals surface area contributed by atoms with Gasteiger partial charge in [-0.05, 0) is 46.6 Å². The molecule has 2 rings (SSSR count). The van der Waals surface area contributed by atoms with Crippen molar-refractivity contribution in [3.63, 3.8) is 0 Å². The first kappa shape index (κ1) is 13.4. The molecule has 18 heavy (non-hydrogen) atoms. The van der Waals surface area contributed by atoms with Crippen LogP contribution in [-0.2, 0) is 6.54 Å². The number of anilines is 1. The molecule has 94 valence electrons. The first-order valence-electron chi connectivity index (χ1n) is 5.54. The van der Waals surface area contributed by atoms with Crippen molar-refractivity contribution in [2.45, 2.75) is 13.5 Å². The number of rotatable bonds is 3. The molecule has 0 amide bonds. The van der Waals surface area contributed by atoms with Crippen LogP contribution in [0.5, 0.6) is 5.75 Å². The zero-order valence-corrected chi connectivity index (χ0v) is 13.0. The van der Waals surface area contributed by atoms with Crippen LogP contribution in [0.1, 0.15) is 11.1 Å². The van der Waals surface area contributed by atoms with Crippen molar-refractivity contribution in [2.24, 2.45) is 0 Å². The average molecular weight is 371 g/mol. The quantitative estimate of drug-likeness (QED) is 0.810. The lowest BCUT2D eigenvalue weighted by atomic mass is 10.1. The maximum absolute atomic E-state index is 9.90. The number of para-hydroxylation sites is 1. The maximum atomic E-state index is 9.90. The highest BCUT2D eigenvalue weighted by molar-refractivity contribution is 9.10. The van der Waals surface area contributed by atoms with E-state index in [4.69, 9.17) is 0 Å². The van der Waals surface area contributed by atoms with Crippen LogP contribution in [0, 0.1) is 6.92 Å². The van der Waals surface area contributed by atoms with E-state index in [0.29, 0.717) is 11.0 Å². The number of nitrogens with one attached hydrogen (secondary N) is 1. The van der Waals surface area contributed by atoms with E-state index >= 15 is 0 Å². The average Bonchev–Trinajstić information content (AvgIpc) is 2.35. The molecule has 0 saturated heterocycles. The predicted octanol–water partition coefficient (Wildman–Crippen LogP) is 4.84. The van der Waals surface area contributed by atoms with Crippen molar-refractivity contribution in [1.82, 2.24) is 0 Å². The van der Waals surface area contributed by atoms with Crippen molar-refractivity contribution in [2.75, 3.05) is 5.32 Å². The van der Waals surface area contributed by atoms with E-state index in [2.05, 4.69) is 44.1 Å². The molecule has 0 heterocycles. The SMILES string of the molecule is Cc1ccc(Br)cc1NCc1cccc(Br)c1O. The van der Waals surface area contributed by atoms with Crippen LogP contribution in [-0.4, -0.2) is 5.11 Å². The van der Waals surface area contributed by atoms with E-state index in [-0.39, 0.29) is 5.75 Å². The Hall–Kier alpha value is -1.00. The van der Waals surface area contributed by atoms with Crippen molar-refractivity contribution in [3.8, 4) is 5.75 Å². The van der Waals surface area contributed by atoms with Crippen LogP contribution >= 0.6 is 31.9 Å². The Labute approximate surface area is 123 Å². The van der Waals surface area contributed by atoms with Gasteiger partial charge >= 0.3 is 0 Å². The summed E-state index contributed by atoms with van der Waals surface area (Å²) in [6.07, 6.45) is 0. The van der Waals surface area contributed by atoms with Crippen molar-refractivity contribution < 1.29 is 5.11 Å². The molecule has 0 bridgehead atoms. The fourth-order valence-corrected chi connectivity index (χ4v) is 2.45. The van der Waals surface area contributed by atoms with Gasteiger partial charge in [-0.3, -0.25) is 0 Å². The number of aromatic hydroxyl groups is 1. The molecule has 0 radical (unpaired) electrons. The summed E-state index contributed by atoms with van der Waals surface area (Å²) in [5.41, 5.74) is 3.10. The van der Waals surface area contributed by atoms with Crippen LogP contribution < -0.4 is 5.32 Å². The molecule has 0 fully saturated rings. The van der Waals surface area contributed by atoms with Gasteiger partial charge in [0.2, 0.25) is 0 Å². The van der Waals surface area contributed by atoms with Gasteiger partial charge in [-0.1, -0.05) is 34.1 Å². The van der Waals surface area contributed by atoms with Crippen LogP contribution in [0.25, 0.3) is 0 Å². The fourth-order valence-electron chi connectivity index (χ4n) is 1.68. The molecule has 2 aromatic rings. The third kappa shape index (κ3) is 3.06. The third-order valence-corrected chi connectivity index (χ3v) is 3.87. The van der Waals surface area contributed by atoms with E-state index < -0.39 is 0 Å². The van der Waals surface area contributed by atoms with E-state index in [1.807, 2.05) is 36.4 Å². The van der Waals surface area contributed by atoms with Crippen LogP contribution in [0.4, 0.5) is 5.69 Å². The number of hydrogen-bond donors (Lipinski definition) is 2. The minimum Gasteiger partial charge on any atom is -0.506 e. The molecular formula is C14H13Br2NO. The summed E-state index contributed by atoms with van der Waals surface area (Å²) in [7, 11) is 0. The van der Waals surface area contributed by atoms with E-state index in [1.165, 1.54) is 5.56 Å². The Morgan fingerprint density at radius 2 is 1.94 bits per heavy atom. The van der Waals surface area contributed by atoms with Gasteiger partial charge in [0.1, 0.15) is 5.75 Å². The summed E-state index contributed by atoms with van der Waals surface area (Å²) in [6, 6.07) is 11.7. The number of aryl methyl sites for hydroxylation is 1. The molecule has 0 aliphatic rings. The van der Waals surface area contributed by atoms with Crippen molar-refractivity contribution in [3.05, 3.63) is 56.5 Å². The van der Waals surface area contributed by atoms with E-state index in [9.17, 15) is 5.11 Å². The van der Waals surface area contributed by atoms with Gasteiger partial charge in [-0.2, -0.15) is 0 Å². The summed E-state index contributed by atoms with van der Waals surface area (Å²) in [5.74, 6) is 0.289. The topological polar surface area (TPSA) is 32.3 Å². The van der Waals surface area contributed by atoms with Gasteiger partial charge in [0.25, 0.3) is 0 Å². The van der Waals surface area contributed by atoms with Gasteiger partial charge in [0.05, 0.1) is 4.47 Å². The molecule has 0 spiro atoms. The van der Waals surface area contributed by atoms with Crippen LogP contribution in [0.3, 0.4) is 0 Å². The zero-order valence-electron chi connectivity index (χ0n) is 9.87. The maximum Gasteiger partial charge on any atom is 0.134 e. The summed E-state index contributed by atoms with van der Waals surface area (Å²) >= 11 is 6.76. The van der Waals surface area contributed by atoms with Gasteiger partial charge in [0.15, 0.2) is 0 Å². The molecule has 0 aliphatic heterocycles. The lowest BCUT2D eigenvalue weighted by molar-refractivity contribution is 0.465. The largest absolute Gasteiger partial charge is 0.506 e. The second-order valence-electron chi connectivity index (χ2n) is 4.06. The van der Waals surface area contributed by atoms with E-state index in [1.54, 1.807) is 0 Å². The van der Waals surface area contributed by atoms with Gasteiger partial charge in [-0.25, -0.2) is 0 Å². The van der Waals surface area contributed by atoms with Crippen LogP contribution in [0.2, 0.25) is 0 Å². The normalized spacial score (nSPS) is 10.4. The Balaban J connectivity index is 2.16. The molecule has 0 atom stereocenters. The predicted molar refractivity (Wildman–Crippen MR) is 82.0 cm³/mol. The number of benzene rings is 2. The van der Waals surface area contributed by atoms with Gasteiger partial charge in [-0.15, -0.1) is 0 Å². The highest BCUT2D eigenvalue weighted by atomic mass is 79.9. The van der Waals surface area contributed by atoms with Crippen LogP contribution in [0.15, 0.2) is 45.3 Å². The molecule has 0 aliphatic carbocycles. The number of halogens is 2. The van der Waals surface area contributed by atoms with Crippen molar-refractivity contribution >= 4 is 37.5 Å². The molecule has 2 nitrogen and oxygen atoms in total. The summed E-state index contributed by atoms with van der Waals surface area (Å²) in [5, 5.41) is 13.2. The Kier molecular flexibility index (Phi) is 4.30. The minimum absolute atomic E-state index is 0.289. The summed E-state index contributed by atoms with van der Waals surface area (Å²) in [6.45, 7) is 2.64. The minimum atomic E-state index is 0.289. The standard InChI is InChI=1S/C14H13Br2NO/c1-9-5-6-11(15)7-13(9)17-8-10-3-2-4-12(16)14(10)18/h2-7,17-18H,8H2,1H3.